The summed E-state index contributed by atoms with van der Waals surface area (Å²) in [6.07, 6.45) is 1.61. The third kappa shape index (κ3) is 4.77. The van der Waals surface area contributed by atoms with Crippen LogP contribution >= 0.6 is 23.2 Å². The number of benzene rings is 2. The number of piperidine rings is 1. The van der Waals surface area contributed by atoms with E-state index in [1.54, 1.807) is 41.3 Å². The van der Waals surface area contributed by atoms with E-state index < -0.39 is 0 Å². The van der Waals surface area contributed by atoms with Crippen LogP contribution in [0.2, 0.25) is 10.0 Å². The summed E-state index contributed by atoms with van der Waals surface area (Å²) in [6.45, 7) is 1.56. The monoisotopic (exact) mass is 390 g/mol. The molecule has 2 aromatic carbocycles. The molecule has 0 saturated carbocycles. The molecule has 1 fully saturated rings. The van der Waals surface area contributed by atoms with Crippen LogP contribution in [0, 0.1) is 5.92 Å². The van der Waals surface area contributed by atoms with Gasteiger partial charge < -0.3 is 10.2 Å². The van der Waals surface area contributed by atoms with Crippen molar-refractivity contribution in [3.8, 4) is 0 Å². The summed E-state index contributed by atoms with van der Waals surface area (Å²) in [6, 6.07) is 14.2. The van der Waals surface area contributed by atoms with Crippen LogP contribution in [-0.4, -0.2) is 29.8 Å². The summed E-state index contributed by atoms with van der Waals surface area (Å²) in [5, 5.41) is 4.22. The summed E-state index contributed by atoms with van der Waals surface area (Å²) in [4.78, 5) is 26.9. The van der Waals surface area contributed by atoms with E-state index in [1.807, 2.05) is 12.1 Å². The Hall–Kier alpha value is -2.04. The molecule has 0 aromatic heterocycles. The highest BCUT2D eigenvalue weighted by molar-refractivity contribution is 6.30. The van der Waals surface area contributed by atoms with Crippen LogP contribution in [0.5, 0.6) is 0 Å². The number of halogens is 2. The number of likely N-dealkylation sites (tertiary alicyclic amines) is 1. The van der Waals surface area contributed by atoms with E-state index >= 15 is 0 Å². The maximum Gasteiger partial charge on any atom is 0.253 e. The number of amides is 2. The molecule has 1 heterocycles. The van der Waals surface area contributed by atoms with Crippen molar-refractivity contribution in [3.05, 3.63) is 69.7 Å². The van der Waals surface area contributed by atoms with Gasteiger partial charge in [0.2, 0.25) is 5.91 Å². The van der Waals surface area contributed by atoms with Crippen molar-refractivity contribution >= 4 is 35.0 Å². The molecule has 1 aliphatic heterocycles. The van der Waals surface area contributed by atoms with Gasteiger partial charge in [-0.3, -0.25) is 9.59 Å². The molecule has 26 heavy (non-hydrogen) atoms. The second-order valence-corrected chi connectivity index (χ2v) is 7.31. The number of carbonyl (C=O) groups is 2. The lowest BCUT2D eigenvalue weighted by molar-refractivity contribution is -0.126. The van der Waals surface area contributed by atoms with Gasteiger partial charge in [0, 0.05) is 35.2 Å². The zero-order chi connectivity index (χ0) is 18.5. The molecule has 1 saturated heterocycles. The van der Waals surface area contributed by atoms with E-state index in [2.05, 4.69) is 5.32 Å². The van der Waals surface area contributed by atoms with Crippen LogP contribution in [0.1, 0.15) is 28.8 Å². The SMILES string of the molecule is O=C(NCc1ccc(Cl)cc1)[C@@H]1CCCN(C(=O)c2ccc(Cl)cc2)C1. The third-order valence-corrected chi connectivity index (χ3v) is 5.05. The van der Waals surface area contributed by atoms with Crippen LogP contribution < -0.4 is 5.32 Å². The Labute approximate surface area is 163 Å². The van der Waals surface area contributed by atoms with Gasteiger partial charge in [-0.2, -0.15) is 0 Å². The number of nitrogens with zero attached hydrogens (tertiary/aromatic N) is 1. The fraction of sp³-hybridized carbons (Fsp3) is 0.300. The molecule has 1 atom stereocenters. The van der Waals surface area contributed by atoms with Gasteiger partial charge in [0.25, 0.3) is 5.91 Å². The standard InChI is InChI=1S/C20H20Cl2N2O2/c21-17-7-3-14(4-8-17)12-23-19(25)16-2-1-11-24(13-16)20(26)15-5-9-18(22)10-6-15/h3-10,16H,1-2,11-13H2,(H,23,25)/t16-/m1/s1. The molecule has 3 rings (SSSR count). The van der Waals surface area contributed by atoms with E-state index in [0.29, 0.717) is 35.2 Å². The maximum atomic E-state index is 12.6. The van der Waals surface area contributed by atoms with Gasteiger partial charge in [0.05, 0.1) is 5.92 Å². The number of hydrogen-bond acceptors (Lipinski definition) is 2. The third-order valence-electron chi connectivity index (χ3n) is 4.55. The average molecular weight is 391 g/mol. The van der Waals surface area contributed by atoms with Gasteiger partial charge in [-0.05, 0) is 54.8 Å². The topological polar surface area (TPSA) is 49.4 Å². The first-order valence-electron chi connectivity index (χ1n) is 8.60. The molecule has 1 aliphatic rings. The van der Waals surface area contributed by atoms with Crippen molar-refractivity contribution in [1.82, 2.24) is 10.2 Å². The van der Waals surface area contributed by atoms with Crippen LogP contribution in [0.25, 0.3) is 0 Å². The van der Waals surface area contributed by atoms with Crippen LogP contribution in [0.4, 0.5) is 0 Å². The lowest BCUT2D eigenvalue weighted by atomic mass is 9.96. The Morgan fingerprint density at radius 1 is 1.00 bits per heavy atom. The molecule has 1 N–H and O–H groups in total. The molecule has 6 heteroatoms. The van der Waals surface area contributed by atoms with Gasteiger partial charge in [-0.15, -0.1) is 0 Å². The first-order valence-corrected chi connectivity index (χ1v) is 9.35. The molecule has 0 radical (unpaired) electrons. The van der Waals surface area contributed by atoms with Gasteiger partial charge in [-0.1, -0.05) is 35.3 Å². The Morgan fingerprint density at radius 3 is 2.27 bits per heavy atom. The minimum atomic E-state index is -0.188. The smallest absolute Gasteiger partial charge is 0.253 e. The highest BCUT2D eigenvalue weighted by Crippen LogP contribution is 2.20. The fourth-order valence-electron chi connectivity index (χ4n) is 3.09. The van der Waals surface area contributed by atoms with E-state index in [4.69, 9.17) is 23.2 Å². The highest BCUT2D eigenvalue weighted by Gasteiger charge is 2.28. The second-order valence-electron chi connectivity index (χ2n) is 6.44. The van der Waals surface area contributed by atoms with Crippen molar-refractivity contribution < 1.29 is 9.59 Å². The summed E-state index contributed by atoms with van der Waals surface area (Å²) in [5.41, 5.74) is 1.59. The molecule has 2 amide bonds. The Kier molecular flexibility index (Phi) is 6.17. The molecule has 136 valence electrons. The summed E-state index contributed by atoms with van der Waals surface area (Å²) in [7, 11) is 0. The number of nitrogens with one attached hydrogen (secondary N) is 1. The lowest BCUT2D eigenvalue weighted by Crippen LogP contribution is -2.45. The molecule has 2 aromatic rings. The van der Waals surface area contributed by atoms with Gasteiger partial charge in [0.1, 0.15) is 0 Å². The van der Waals surface area contributed by atoms with Crippen molar-refractivity contribution in [2.75, 3.05) is 13.1 Å². The summed E-state index contributed by atoms with van der Waals surface area (Å²) >= 11 is 11.7. The lowest BCUT2D eigenvalue weighted by Gasteiger charge is -2.32. The molecule has 0 aliphatic carbocycles. The summed E-state index contributed by atoms with van der Waals surface area (Å²) in [5.74, 6) is -0.266. The zero-order valence-electron chi connectivity index (χ0n) is 14.3. The van der Waals surface area contributed by atoms with Crippen LogP contribution in [-0.2, 0) is 11.3 Å². The normalized spacial score (nSPS) is 17.0. The van der Waals surface area contributed by atoms with Crippen molar-refractivity contribution in [3.63, 3.8) is 0 Å². The number of rotatable bonds is 4. The predicted molar refractivity (Wildman–Crippen MR) is 103 cm³/mol. The summed E-state index contributed by atoms with van der Waals surface area (Å²) < 4.78 is 0. The first-order chi connectivity index (χ1) is 12.5. The predicted octanol–water partition coefficient (Wildman–Crippen LogP) is 4.16. The van der Waals surface area contributed by atoms with E-state index in [9.17, 15) is 9.59 Å². The molecule has 0 spiro atoms. The van der Waals surface area contributed by atoms with Gasteiger partial charge >= 0.3 is 0 Å². The average Bonchev–Trinajstić information content (AvgIpc) is 2.67. The largest absolute Gasteiger partial charge is 0.352 e. The van der Waals surface area contributed by atoms with E-state index in [0.717, 1.165) is 18.4 Å². The second kappa shape index (κ2) is 8.56. The molecular weight excluding hydrogens is 371 g/mol. The first kappa shape index (κ1) is 18.7. The fourth-order valence-corrected chi connectivity index (χ4v) is 3.34. The van der Waals surface area contributed by atoms with E-state index in [1.165, 1.54) is 0 Å². The molecule has 0 unspecified atom stereocenters. The Morgan fingerprint density at radius 2 is 1.62 bits per heavy atom. The highest BCUT2D eigenvalue weighted by atomic mass is 35.5. The van der Waals surface area contributed by atoms with Crippen molar-refractivity contribution in [2.45, 2.75) is 19.4 Å². The van der Waals surface area contributed by atoms with Crippen molar-refractivity contribution in [1.29, 1.82) is 0 Å². The Balaban J connectivity index is 1.57. The minimum absolute atomic E-state index is 0.0199. The molecular formula is C20H20Cl2N2O2. The van der Waals surface area contributed by atoms with Gasteiger partial charge in [0.15, 0.2) is 0 Å². The molecule has 4 nitrogen and oxygen atoms in total. The van der Waals surface area contributed by atoms with Crippen LogP contribution in [0.3, 0.4) is 0 Å². The van der Waals surface area contributed by atoms with Crippen LogP contribution in [0.15, 0.2) is 48.5 Å². The van der Waals surface area contributed by atoms with Gasteiger partial charge in [-0.25, -0.2) is 0 Å². The number of carbonyl (C=O) groups excluding carboxylic acids is 2. The maximum absolute atomic E-state index is 12.6. The molecule has 0 bridgehead atoms. The quantitative estimate of drug-likeness (QED) is 0.851. The zero-order valence-corrected chi connectivity index (χ0v) is 15.8. The minimum Gasteiger partial charge on any atom is -0.352 e. The number of hydrogen-bond donors (Lipinski definition) is 1. The van der Waals surface area contributed by atoms with Crippen molar-refractivity contribution in [2.24, 2.45) is 5.92 Å². The van der Waals surface area contributed by atoms with E-state index in [-0.39, 0.29) is 17.7 Å². The Bertz CT molecular complexity index is 775.